The van der Waals surface area contributed by atoms with Crippen molar-refractivity contribution < 1.29 is 0 Å². The maximum absolute atomic E-state index is 3.57. The molecular formula is C15H27N3S. The van der Waals surface area contributed by atoms with Crippen molar-refractivity contribution in [2.45, 2.75) is 40.3 Å². The van der Waals surface area contributed by atoms with Crippen molar-refractivity contribution in [2.24, 2.45) is 5.41 Å². The van der Waals surface area contributed by atoms with Crippen LogP contribution in [-0.2, 0) is 6.54 Å². The summed E-state index contributed by atoms with van der Waals surface area (Å²) in [5.74, 6) is 0.895. The number of hydrogen-bond donors (Lipinski definition) is 3. The van der Waals surface area contributed by atoms with E-state index in [1.807, 2.05) is 0 Å². The lowest BCUT2D eigenvalue weighted by molar-refractivity contribution is 0.285. The van der Waals surface area contributed by atoms with Crippen LogP contribution in [0.15, 0.2) is 24.3 Å². The zero-order valence-electron chi connectivity index (χ0n) is 12.7. The fourth-order valence-corrected chi connectivity index (χ4v) is 1.71. The number of anilines is 1. The van der Waals surface area contributed by atoms with Gasteiger partial charge in [0.25, 0.3) is 0 Å². The normalized spacial score (nSPS) is 13.3. The van der Waals surface area contributed by atoms with E-state index in [0.29, 0.717) is 11.5 Å². The van der Waals surface area contributed by atoms with Crippen LogP contribution in [0.5, 0.6) is 0 Å². The Kier molecular flexibility index (Phi) is 6.69. The molecular weight excluding hydrogens is 254 g/mol. The first-order chi connectivity index (χ1) is 8.93. The Morgan fingerprint density at radius 2 is 1.79 bits per heavy atom. The van der Waals surface area contributed by atoms with Gasteiger partial charge in [0.15, 0.2) is 0 Å². The smallest absolute Gasteiger partial charge is 0.0601 e. The highest BCUT2D eigenvalue weighted by Gasteiger charge is 2.18. The van der Waals surface area contributed by atoms with Crippen LogP contribution in [0.25, 0.3) is 0 Å². The third-order valence-corrected chi connectivity index (χ3v) is 3.75. The summed E-state index contributed by atoms with van der Waals surface area (Å²) in [6.07, 6.45) is 2.07. The van der Waals surface area contributed by atoms with Crippen molar-refractivity contribution in [3.8, 4) is 0 Å². The second-order valence-corrected chi connectivity index (χ2v) is 6.77. The largest absolute Gasteiger partial charge is 0.321 e. The molecule has 1 atom stereocenters. The van der Waals surface area contributed by atoms with Crippen LogP contribution < -0.4 is 16.2 Å². The topological polar surface area (TPSA) is 36.1 Å². The van der Waals surface area contributed by atoms with Gasteiger partial charge in [-0.1, -0.05) is 32.9 Å². The summed E-state index contributed by atoms with van der Waals surface area (Å²) < 4.78 is 0. The Morgan fingerprint density at radius 3 is 2.32 bits per heavy atom. The van der Waals surface area contributed by atoms with Crippen LogP contribution in [0.3, 0.4) is 0 Å². The Bertz CT molecular complexity index is 357. The molecule has 0 radical (unpaired) electrons. The standard InChI is InChI=1S/C15H27N3S/c1-12(15(2,3)4)16-10-13-6-8-14(9-7-13)18-17-11-19-5/h6-9,12,16-18H,10-11H2,1-5H3. The number of rotatable bonds is 7. The van der Waals surface area contributed by atoms with E-state index in [9.17, 15) is 0 Å². The number of benzene rings is 1. The molecule has 0 heterocycles. The van der Waals surface area contributed by atoms with Crippen LogP contribution in [0.1, 0.15) is 33.3 Å². The van der Waals surface area contributed by atoms with Gasteiger partial charge >= 0.3 is 0 Å². The lowest BCUT2D eigenvalue weighted by Crippen LogP contribution is -2.37. The molecule has 1 rings (SSSR count). The summed E-state index contributed by atoms with van der Waals surface area (Å²) in [5, 5.41) is 3.57. The van der Waals surface area contributed by atoms with Crippen molar-refractivity contribution in [2.75, 3.05) is 17.6 Å². The Labute approximate surface area is 121 Å². The SMILES string of the molecule is CSCNNc1ccc(CNC(C)C(C)(C)C)cc1. The second kappa shape index (κ2) is 7.78. The molecule has 108 valence electrons. The molecule has 1 aromatic rings. The summed E-state index contributed by atoms with van der Waals surface area (Å²) in [5.41, 5.74) is 9.01. The minimum absolute atomic E-state index is 0.295. The third kappa shape index (κ3) is 6.32. The molecule has 0 aliphatic carbocycles. The highest BCUT2D eigenvalue weighted by atomic mass is 32.2. The molecule has 0 amide bonds. The minimum Gasteiger partial charge on any atom is -0.321 e. The number of hydrazine groups is 1. The first kappa shape index (κ1) is 16.3. The van der Waals surface area contributed by atoms with Crippen molar-refractivity contribution in [3.05, 3.63) is 29.8 Å². The third-order valence-electron chi connectivity index (χ3n) is 3.31. The Balaban J connectivity index is 2.40. The molecule has 0 saturated carbocycles. The number of hydrogen-bond acceptors (Lipinski definition) is 4. The summed E-state index contributed by atoms with van der Waals surface area (Å²) in [6, 6.07) is 9.02. The van der Waals surface area contributed by atoms with Gasteiger partial charge in [0.05, 0.1) is 5.88 Å². The average molecular weight is 281 g/mol. The van der Waals surface area contributed by atoms with Crippen LogP contribution in [0, 0.1) is 5.41 Å². The van der Waals surface area contributed by atoms with Crippen molar-refractivity contribution in [3.63, 3.8) is 0 Å². The summed E-state index contributed by atoms with van der Waals surface area (Å²) in [6.45, 7) is 9.93. The second-order valence-electron chi connectivity index (χ2n) is 5.90. The van der Waals surface area contributed by atoms with Crippen molar-refractivity contribution >= 4 is 17.4 Å². The van der Waals surface area contributed by atoms with E-state index in [1.54, 1.807) is 11.8 Å². The van der Waals surface area contributed by atoms with E-state index in [4.69, 9.17) is 0 Å². The minimum atomic E-state index is 0.295. The first-order valence-electron chi connectivity index (χ1n) is 6.73. The Hall–Kier alpha value is -0.710. The molecule has 1 aromatic carbocycles. The lowest BCUT2D eigenvalue weighted by Gasteiger charge is -2.28. The monoisotopic (exact) mass is 281 g/mol. The van der Waals surface area contributed by atoms with E-state index in [1.165, 1.54) is 5.56 Å². The zero-order chi connectivity index (χ0) is 14.3. The van der Waals surface area contributed by atoms with E-state index in [-0.39, 0.29) is 0 Å². The molecule has 0 aliphatic rings. The highest BCUT2D eigenvalue weighted by molar-refractivity contribution is 7.98. The predicted molar refractivity (Wildman–Crippen MR) is 87.3 cm³/mol. The zero-order valence-corrected chi connectivity index (χ0v) is 13.5. The van der Waals surface area contributed by atoms with Crippen LogP contribution in [0.2, 0.25) is 0 Å². The highest BCUT2D eigenvalue weighted by Crippen LogP contribution is 2.19. The number of thioether (sulfide) groups is 1. The lowest BCUT2D eigenvalue weighted by atomic mass is 9.88. The fraction of sp³-hybridized carbons (Fsp3) is 0.600. The summed E-state index contributed by atoms with van der Waals surface area (Å²) >= 11 is 1.75. The van der Waals surface area contributed by atoms with Gasteiger partial charge in [-0.25, -0.2) is 5.43 Å². The van der Waals surface area contributed by atoms with Gasteiger partial charge < -0.3 is 10.7 Å². The van der Waals surface area contributed by atoms with Crippen molar-refractivity contribution in [1.82, 2.24) is 10.7 Å². The fourth-order valence-electron chi connectivity index (χ4n) is 1.49. The number of nitrogens with one attached hydrogen (secondary N) is 3. The predicted octanol–water partition coefficient (Wildman–Crippen LogP) is 3.45. The molecule has 3 N–H and O–H groups in total. The quantitative estimate of drug-likeness (QED) is 0.406. The van der Waals surface area contributed by atoms with Gasteiger partial charge in [0.1, 0.15) is 0 Å². The molecule has 4 heteroatoms. The molecule has 0 aromatic heterocycles. The molecule has 0 spiro atoms. The molecule has 3 nitrogen and oxygen atoms in total. The Morgan fingerprint density at radius 1 is 1.16 bits per heavy atom. The molecule has 0 aliphatic heterocycles. The van der Waals surface area contributed by atoms with E-state index in [0.717, 1.165) is 18.1 Å². The van der Waals surface area contributed by atoms with E-state index in [2.05, 4.69) is 74.4 Å². The van der Waals surface area contributed by atoms with Gasteiger partial charge in [-0.05, 0) is 36.3 Å². The maximum Gasteiger partial charge on any atom is 0.0601 e. The van der Waals surface area contributed by atoms with E-state index >= 15 is 0 Å². The summed E-state index contributed by atoms with van der Waals surface area (Å²) in [7, 11) is 0. The van der Waals surface area contributed by atoms with Gasteiger partial charge in [-0.3, -0.25) is 0 Å². The van der Waals surface area contributed by atoms with Crippen LogP contribution >= 0.6 is 11.8 Å². The van der Waals surface area contributed by atoms with E-state index < -0.39 is 0 Å². The molecule has 0 bridgehead atoms. The maximum atomic E-state index is 3.57. The van der Waals surface area contributed by atoms with Gasteiger partial charge in [0, 0.05) is 18.3 Å². The van der Waals surface area contributed by atoms with Crippen molar-refractivity contribution in [1.29, 1.82) is 0 Å². The van der Waals surface area contributed by atoms with Gasteiger partial charge in [0.2, 0.25) is 0 Å². The molecule has 19 heavy (non-hydrogen) atoms. The van der Waals surface area contributed by atoms with Gasteiger partial charge in [-0.15, -0.1) is 11.8 Å². The molecule has 0 fully saturated rings. The van der Waals surface area contributed by atoms with Crippen LogP contribution in [-0.4, -0.2) is 18.2 Å². The van der Waals surface area contributed by atoms with Gasteiger partial charge in [-0.2, -0.15) is 0 Å². The average Bonchev–Trinajstić information content (AvgIpc) is 2.36. The molecule has 1 unspecified atom stereocenters. The van der Waals surface area contributed by atoms with Crippen LogP contribution in [0.4, 0.5) is 5.69 Å². The summed E-state index contributed by atoms with van der Waals surface area (Å²) in [4.78, 5) is 0. The molecule has 0 saturated heterocycles. The first-order valence-corrected chi connectivity index (χ1v) is 8.13.